The van der Waals surface area contributed by atoms with Gasteiger partial charge in [0.1, 0.15) is 6.61 Å². The number of hydrogen-bond acceptors (Lipinski definition) is 12. The Labute approximate surface area is 691 Å². The zero-order valence-corrected chi connectivity index (χ0v) is 69.4. The first-order valence-corrected chi connectivity index (χ1v) is 40.6. The number of amides is 4. The first kappa shape index (κ1) is 86.1. The van der Waals surface area contributed by atoms with Crippen molar-refractivity contribution in [1.29, 1.82) is 0 Å². The van der Waals surface area contributed by atoms with Crippen LogP contribution < -0.4 is 20.0 Å². The molecule has 0 spiro atoms. The number of sulfone groups is 1. The summed E-state index contributed by atoms with van der Waals surface area (Å²) in [6.45, 7) is 10.1. The van der Waals surface area contributed by atoms with Gasteiger partial charge in [-0.1, -0.05) is 180 Å². The Hall–Kier alpha value is -8.34. The molecule has 4 aliphatic heterocycles. The number of anilines is 3. The highest BCUT2D eigenvalue weighted by molar-refractivity contribution is 7.91. The lowest BCUT2D eigenvalue weighted by atomic mass is 9.96. The molecular formula is C88H88Cl7N5O11S. The molecule has 0 atom stereocenters. The average molecular weight is 1670 g/mol. The first-order valence-electron chi connectivity index (χ1n) is 36.3. The summed E-state index contributed by atoms with van der Waals surface area (Å²) >= 11 is 42.5. The van der Waals surface area contributed by atoms with Crippen LogP contribution in [0.1, 0.15) is 72.9 Å². The summed E-state index contributed by atoms with van der Waals surface area (Å²) in [5.41, 5.74) is 20.3. The van der Waals surface area contributed by atoms with Crippen LogP contribution in [0.15, 0.2) is 210 Å². The number of rotatable bonds is 22. The number of urea groups is 1. The third kappa shape index (κ3) is 23.0. The minimum atomic E-state index is -3.45. The minimum absolute atomic E-state index is 0.0212. The van der Waals surface area contributed by atoms with Crippen molar-refractivity contribution in [3.63, 3.8) is 0 Å². The molecule has 0 unspecified atom stereocenters. The second kappa shape index (κ2) is 41.6. The molecule has 3 saturated heterocycles. The summed E-state index contributed by atoms with van der Waals surface area (Å²) < 4.78 is 56.7. The Kier molecular flexibility index (Phi) is 32.0. The van der Waals surface area contributed by atoms with E-state index in [9.17, 15) is 22.8 Å². The standard InChI is InChI=1S/C18H17Cl2NO2.C18H20Cl2O3S.C18H18ClNO.C17H17ClN2O2.C17H16ClNO3/c1-23-11-13-9-17(21-8-2-3-18(21)22)16(20)10-15(13)12-4-6-14(19)7-5-12;1-12(2)11-24(21,22)18-8-14(10-23-3)16(9-17(18)20)13-4-6-15(19)7-5-13;1-21-12-15-11-14(18-3-2-10-20-18)6-9-17(15)13-4-7-16(19)8-5-13;1-22-11-13-10-15(20-9-8-19-17(20)21)6-7-16(13)12-2-4-14(18)5-3-12;1-21-11-13-10-15(19-8-9-22-17(19)20)6-7-16(13)12-2-4-14(18)5-3-12/h4-7,9-10H,2-3,8,11H2,1H3;4-9,12H,10-11H2,1-3H3;4-9,11H,2-3,10,12H2,1H3;2-7,10H,8-9,11H2,1H3,(H,19,21);2-7,10H,8-9,11H2,1H3. The van der Waals surface area contributed by atoms with Gasteiger partial charge in [-0.25, -0.2) is 18.0 Å². The van der Waals surface area contributed by atoms with Crippen molar-refractivity contribution < 1.29 is 51.2 Å². The van der Waals surface area contributed by atoms with Crippen LogP contribution in [0.5, 0.6) is 0 Å². The van der Waals surface area contributed by atoms with E-state index in [0.29, 0.717) is 97.4 Å². The molecule has 4 aliphatic rings. The molecule has 0 radical (unpaired) electrons. The molecule has 10 aromatic carbocycles. The van der Waals surface area contributed by atoms with Gasteiger partial charge in [0.15, 0.2) is 9.84 Å². The van der Waals surface area contributed by atoms with Gasteiger partial charge in [-0.3, -0.25) is 19.6 Å². The summed E-state index contributed by atoms with van der Waals surface area (Å²) in [4.78, 5) is 45.4. The van der Waals surface area contributed by atoms with Crippen molar-refractivity contribution in [2.75, 3.05) is 95.3 Å². The van der Waals surface area contributed by atoms with Crippen LogP contribution >= 0.6 is 81.2 Å². The number of hydrogen-bond donors (Lipinski definition) is 1. The van der Waals surface area contributed by atoms with Gasteiger partial charge in [-0.2, -0.15) is 0 Å². The van der Waals surface area contributed by atoms with E-state index in [1.807, 2.05) is 172 Å². The number of halogens is 7. The zero-order chi connectivity index (χ0) is 80.0. The highest BCUT2D eigenvalue weighted by Crippen LogP contribution is 2.40. The molecule has 586 valence electrons. The number of methoxy groups -OCH3 is 5. The Morgan fingerprint density at radius 1 is 0.429 bits per heavy atom. The summed E-state index contributed by atoms with van der Waals surface area (Å²) in [5.74, 6) is 0.196. The van der Waals surface area contributed by atoms with E-state index in [0.717, 1.165) is 120 Å². The largest absolute Gasteiger partial charge is 0.447 e. The Balaban J connectivity index is 0.000000149. The van der Waals surface area contributed by atoms with E-state index in [-0.39, 0.29) is 39.6 Å². The Morgan fingerprint density at radius 3 is 1.21 bits per heavy atom. The van der Waals surface area contributed by atoms with Crippen molar-refractivity contribution in [1.82, 2.24) is 5.32 Å². The number of nitrogens with zero attached hydrogens (tertiary/aromatic N) is 4. The van der Waals surface area contributed by atoms with Gasteiger partial charge in [0.05, 0.1) is 66.0 Å². The van der Waals surface area contributed by atoms with Gasteiger partial charge in [0, 0.05) is 110 Å². The van der Waals surface area contributed by atoms with Gasteiger partial charge in [-0.15, -0.1) is 0 Å². The number of carbonyl (C=O) groups excluding carboxylic acids is 3. The van der Waals surface area contributed by atoms with Crippen molar-refractivity contribution in [2.45, 2.75) is 77.5 Å². The van der Waals surface area contributed by atoms with Crippen molar-refractivity contribution in [3.05, 3.63) is 269 Å². The number of nitrogens with one attached hydrogen (secondary N) is 1. The van der Waals surface area contributed by atoms with E-state index in [1.165, 1.54) is 22.4 Å². The summed E-state index contributed by atoms with van der Waals surface area (Å²) in [7, 11) is 4.83. The molecule has 3 fully saturated rings. The fourth-order valence-corrected chi connectivity index (χ4v) is 16.5. The molecular weight excluding hydrogens is 1580 g/mol. The third-order valence-electron chi connectivity index (χ3n) is 18.6. The second-order valence-electron chi connectivity index (χ2n) is 27.1. The highest BCUT2D eigenvalue weighted by Gasteiger charge is 2.28. The number of carbonyl (C=O) groups is 3. The lowest BCUT2D eigenvalue weighted by Gasteiger charge is -2.20. The maximum absolute atomic E-state index is 12.6. The molecule has 0 aromatic heterocycles. The van der Waals surface area contributed by atoms with E-state index in [4.69, 9.17) is 110 Å². The second-order valence-corrected chi connectivity index (χ2v) is 32.1. The predicted molar refractivity (Wildman–Crippen MR) is 457 cm³/mol. The molecule has 16 nitrogen and oxygen atoms in total. The van der Waals surface area contributed by atoms with E-state index in [2.05, 4.69) is 28.5 Å². The van der Waals surface area contributed by atoms with Gasteiger partial charge in [0.25, 0.3) is 0 Å². The lowest BCUT2D eigenvalue weighted by molar-refractivity contribution is -0.117. The summed E-state index contributed by atoms with van der Waals surface area (Å²) in [6.07, 6.45) is 3.38. The number of cyclic esters (lactones) is 1. The van der Waals surface area contributed by atoms with Crippen molar-refractivity contribution in [3.8, 4) is 55.6 Å². The van der Waals surface area contributed by atoms with Crippen molar-refractivity contribution in [2.24, 2.45) is 10.9 Å². The van der Waals surface area contributed by atoms with E-state index < -0.39 is 9.84 Å². The third-order valence-corrected chi connectivity index (χ3v) is 22.7. The first-order chi connectivity index (χ1) is 54.0. The normalized spacial score (nSPS) is 13.8. The predicted octanol–water partition coefficient (Wildman–Crippen LogP) is 22.7. The summed E-state index contributed by atoms with van der Waals surface area (Å²) in [6, 6.07) is 63.8. The van der Waals surface area contributed by atoms with Crippen LogP contribution in [0.2, 0.25) is 35.2 Å². The van der Waals surface area contributed by atoms with Crippen LogP contribution in [0.4, 0.5) is 26.7 Å². The SMILES string of the molecule is COCc1cc(C2=NCCC2)ccc1-c1ccc(Cl)cc1.COCc1cc(N2CCCC2=O)c(Cl)cc1-c1ccc(Cl)cc1.COCc1cc(N2CCNC2=O)ccc1-c1ccc(Cl)cc1.COCc1cc(N2CCOC2=O)ccc1-c1ccc(Cl)cc1.COCc1cc(S(=O)(=O)CC(C)C)c(Cl)cc1-c1ccc(Cl)cc1. The van der Waals surface area contributed by atoms with E-state index in [1.54, 1.807) is 74.5 Å². The molecule has 0 aliphatic carbocycles. The average Bonchev–Trinajstić information content (AvgIpc) is 1.13. The van der Waals surface area contributed by atoms with Crippen LogP contribution in [0.3, 0.4) is 0 Å². The van der Waals surface area contributed by atoms with Crippen LogP contribution in [0.25, 0.3) is 55.6 Å². The maximum Gasteiger partial charge on any atom is 0.414 e. The molecule has 1 N–H and O–H groups in total. The molecule has 0 saturated carbocycles. The van der Waals surface area contributed by atoms with Crippen LogP contribution in [-0.2, 0) is 76.1 Å². The summed E-state index contributed by atoms with van der Waals surface area (Å²) in [5, 5.41) is 7.10. The van der Waals surface area contributed by atoms with Crippen molar-refractivity contribution >= 4 is 132 Å². The molecule has 14 rings (SSSR count). The molecule has 24 heteroatoms. The monoisotopic (exact) mass is 1670 g/mol. The number of ether oxygens (including phenoxy) is 6. The zero-order valence-electron chi connectivity index (χ0n) is 63.3. The molecule has 112 heavy (non-hydrogen) atoms. The molecule has 0 bridgehead atoms. The Morgan fingerprint density at radius 2 is 0.830 bits per heavy atom. The quantitative estimate of drug-likeness (QED) is 0.0684. The van der Waals surface area contributed by atoms with Gasteiger partial charge >= 0.3 is 12.1 Å². The number of benzene rings is 10. The molecule has 4 amide bonds. The fourth-order valence-electron chi connectivity index (χ4n) is 13.4. The topological polar surface area (TPSA) is 175 Å². The highest BCUT2D eigenvalue weighted by atomic mass is 35.5. The smallest absolute Gasteiger partial charge is 0.414 e. The molecule has 4 heterocycles. The minimum Gasteiger partial charge on any atom is -0.447 e. The van der Waals surface area contributed by atoms with Crippen LogP contribution in [-0.4, -0.2) is 113 Å². The Bertz CT molecular complexity index is 4920. The van der Waals surface area contributed by atoms with Gasteiger partial charge in [0.2, 0.25) is 5.91 Å². The molecule has 10 aromatic rings. The van der Waals surface area contributed by atoms with Gasteiger partial charge < -0.3 is 38.6 Å². The number of aliphatic imine (C=N–C) groups is 1. The van der Waals surface area contributed by atoms with Gasteiger partial charge in [-0.05, 0) is 229 Å². The van der Waals surface area contributed by atoms with E-state index >= 15 is 0 Å². The van der Waals surface area contributed by atoms with Crippen LogP contribution in [0, 0.1) is 5.92 Å². The lowest BCUT2D eigenvalue weighted by Crippen LogP contribution is -2.27. The fraction of sp³-hybridized carbons (Fsp3) is 0.273. The maximum atomic E-state index is 12.6.